The molecule has 2 unspecified atom stereocenters. The van der Waals surface area contributed by atoms with Crippen molar-refractivity contribution >= 4 is 0 Å². The summed E-state index contributed by atoms with van der Waals surface area (Å²) < 4.78 is 2.15. The maximum atomic E-state index is 9.76. The third-order valence-corrected chi connectivity index (χ3v) is 3.94. The molecule has 1 aromatic rings. The summed E-state index contributed by atoms with van der Waals surface area (Å²) in [5, 5.41) is 18.4. The van der Waals surface area contributed by atoms with Crippen molar-refractivity contribution in [3.05, 3.63) is 11.6 Å². The van der Waals surface area contributed by atoms with Crippen molar-refractivity contribution in [2.45, 2.75) is 44.2 Å². The lowest BCUT2D eigenvalue weighted by Crippen LogP contribution is -2.33. The Morgan fingerprint density at radius 3 is 2.94 bits per heavy atom. The minimum absolute atomic E-state index is 0.224. The van der Waals surface area contributed by atoms with Crippen LogP contribution in [0.2, 0.25) is 0 Å². The second-order valence-electron chi connectivity index (χ2n) is 5.38. The number of nitrogens with zero attached hydrogens (tertiary/aromatic N) is 4. The minimum atomic E-state index is -0.224. The molecule has 2 atom stereocenters. The number of aliphatic hydroxyl groups excluding tert-OH is 1. The molecule has 1 fully saturated rings. The molecule has 0 aliphatic carbocycles. The summed E-state index contributed by atoms with van der Waals surface area (Å²) >= 11 is 0. The quantitative estimate of drug-likeness (QED) is 0.766. The highest BCUT2D eigenvalue weighted by Crippen LogP contribution is 2.27. The Morgan fingerprint density at radius 2 is 2.12 bits per heavy atom. The zero-order valence-electron chi connectivity index (χ0n) is 10.3. The van der Waals surface area contributed by atoms with Crippen molar-refractivity contribution in [3.8, 4) is 0 Å². The Labute approximate surface area is 101 Å². The number of fused-ring (bicyclic) bond motifs is 1. The first-order chi connectivity index (χ1) is 8.24. The van der Waals surface area contributed by atoms with Gasteiger partial charge in [-0.05, 0) is 32.9 Å². The van der Waals surface area contributed by atoms with Gasteiger partial charge < -0.3 is 14.6 Å². The molecule has 0 amide bonds. The average Bonchev–Trinajstić information content (AvgIpc) is 2.71. The summed E-state index contributed by atoms with van der Waals surface area (Å²) in [5.74, 6) is 2.63. The summed E-state index contributed by atoms with van der Waals surface area (Å²) in [6, 6.07) is 0. The van der Waals surface area contributed by atoms with E-state index in [2.05, 4.69) is 26.7 Å². The van der Waals surface area contributed by atoms with Gasteiger partial charge in [-0.3, -0.25) is 0 Å². The lowest BCUT2D eigenvalue weighted by Gasteiger charge is -2.30. The fraction of sp³-hybridized carbons (Fsp3) is 0.833. The number of likely N-dealkylation sites (N-methyl/N-ethyl adjacent to an activating group) is 1. The fourth-order valence-electron chi connectivity index (χ4n) is 3.01. The molecule has 5 heteroatoms. The van der Waals surface area contributed by atoms with Crippen molar-refractivity contribution in [1.82, 2.24) is 19.7 Å². The van der Waals surface area contributed by atoms with Crippen LogP contribution in [0.3, 0.4) is 0 Å². The highest BCUT2D eigenvalue weighted by Gasteiger charge is 2.28. The number of piperidine rings is 1. The topological polar surface area (TPSA) is 54.2 Å². The summed E-state index contributed by atoms with van der Waals surface area (Å²) in [7, 11) is 2.16. The molecule has 2 aliphatic heterocycles. The Kier molecular flexibility index (Phi) is 2.88. The minimum Gasteiger partial charge on any atom is -0.391 e. The van der Waals surface area contributed by atoms with Gasteiger partial charge in [0.2, 0.25) is 0 Å². The van der Waals surface area contributed by atoms with Gasteiger partial charge in [0.25, 0.3) is 0 Å². The fourth-order valence-corrected chi connectivity index (χ4v) is 3.01. The van der Waals surface area contributed by atoms with E-state index in [1.54, 1.807) is 0 Å². The molecule has 0 radical (unpaired) electrons. The van der Waals surface area contributed by atoms with Crippen LogP contribution in [0.15, 0.2) is 0 Å². The molecular formula is C12H20N4O. The number of rotatable bonds is 1. The smallest absolute Gasteiger partial charge is 0.137 e. The predicted octanol–water partition coefficient (Wildman–Crippen LogP) is 0.394. The zero-order valence-corrected chi connectivity index (χ0v) is 10.3. The Balaban J connectivity index is 1.85. The van der Waals surface area contributed by atoms with E-state index in [0.717, 1.165) is 31.0 Å². The van der Waals surface area contributed by atoms with Crippen molar-refractivity contribution in [1.29, 1.82) is 0 Å². The monoisotopic (exact) mass is 236 g/mol. The third-order valence-electron chi connectivity index (χ3n) is 3.94. The number of likely N-dealkylation sites (tertiary alicyclic amines) is 1. The average molecular weight is 236 g/mol. The third kappa shape index (κ3) is 2.09. The first kappa shape index (κ1) is 11.2. The number of aromatic nitrogens is 3. The molecule has 94 valence electrons. The lowest BCUT2D eigenvalue weighted by molar-refractivity contribution is 0.127. The summed E-state index contributed by atoms with van der Waals surface area (Å²) in [5.41, 5.74) is 0. The van der Waals surface area contributed by atoms with Crippen molar-refractivity contribution in [2.24, 2.45) is 0 Å². The Bertz CT molecular complexity index is 403. The van der Waals surface area contributed by atoms with E-state index in [4.69, 9.17) is 0 Å². The molecule has 1 aromatic heterocycles. The van der Waals surface area contributed by atoms with Crippen LogP contribution < -0.4 is 0 Å². The first-order valence-corrected chi connectivity index (χ1v) is 6.52. The second kappa shape index (κ2) is 4.38. The molecular weight excluding hydrogens is 216 g/mol. The van der Waals surface area contributed by atoms with E-state index >= 15 is 0 Å². The SMILES string of the molecule is CN1CCCC(c2nnc3n2CC(O)CC3)C1. The maximum Gasteiger partial charge on any atom is 0.137 e. The van der Waals surface area contributed by atoms with Gasteiger partial charge in [-0.2, -0.15) is 0 Å². The molecule has 1 saturated heterocycles. The molecule has 5 nitrogen and oxygen atoms in total. The van der Waals surface area contributed by atoms with Crippen molar-refractivity contribution < 1.29 is 5.11 Å². The number of hydrogen-bond acceptors (Lipinski definition) is 4. The molecule has 1 N–H and O–H groups in total. The summed E-state index contributed by atoms with van der Waals surface area (Å²) in [6.07, 6.45) is 3.88. The largest absolute Gasteiger partial charge is 0.391 e. The van der Waals surface area contributed by atoms with Crippen LogP contribution in [0, 0.1) is 0 Å². The highest BCUT2D eigenvalue weighted by molar-refractivity contribution is 5.07. The van der Waals surface area contributed by atoms with Crippen LogP contribution in [0.4, 0.5) is 0 Å². The normalized spacial score (nSPS) is 30.2. The van der Waals surface area contributed by atoms with E-state index in [1.807, 2.05) is 0 Å². The van der Waals surface area contributed by atoms with Crippen LogP contribution in [0.25, 0.3) is 0 Å². The highest BCUT2D eigenvalue weighted by atomic mass is 16.3. The molecule has 3 rings (SSSR count). The standard InChI is InChI=1S/C12H20N4O/c1-15-6-2-3-9(7-15)12-14-13-11-5-4-10(17)8-16(11)12/h9-10,17H,2-8H2,1H3. The first-order valence-electron chi connectivity index (χ1n) is 6.52. The molecule has 17 heavy (non-hydrogen) atoms. The van der Waals surface area contributed by atoms with E-state index in [1.165, 1.54) is 19.4 Å². The second-order valence-corrected chi connectivity index (χ2v) is 5.38. The maximum absolute atomic E-state index is 9.76. The van der Waals surface area contributed by atoms with E-state index in [0.29, 0.717) is 12.5 Å². The number of hydrogen-bond donors (Lipinski definition) is 1. The van der Waals surface area contributed by atoms with Gasteiger partial charge in [0.1, 0.15) is 11.6 Å². The van der Waals surface area contributed by atoms with Gasteiger partial charge in [0.15, 0.2) is 0 Å². The van der Waals surface area contributed by atoms with E-state index in [9.17, 15) is 5.11 Å². The molecule has 3 heterocycles. The van der Waals surface area contributed by atoms with Crippen LogP contribution >= 0.6 is 0 Å². The Morgan fingerprint density at radius 1 is 1.24 bits per heavy atom. The van der Waals surface area contributed by atoms with E-state index in [-0.39, 0.29) is 6.10 Å². The zero-order chi connectivity index (χ0) is 11.8. The molecule has 0 saturated carbocycles. The Hall–Kier alpha value is -0.940. The molecule has 0 aromatic carbocycles. The lowest BCUT2D eigenvalue weighted by atomic mass is 9.97. The number of aryl methyl sites for hydroxylation is 1. The van der Waals surface area contributed by atoms with Gasteiger partial charge in [0, 0.05) is 18.9 Å². The van der Waals surface area contributed by atoms with Gasteiger partial charge in [0.05, 0.1) is 12.6 Å². The summed E-state index contributed by atoms with van der Waals surface area (Å²) in [4.78, 5) is 2.36. The van der Waals surface area contributed by atoms with Gasteiger partial charge in [-0.15, -0.1) is 10.2 Å². The van der Waals surface area contributed by atoms with Crippen LogP contribution in [-0.4, -0.2) is 51.0 Å². The van der Waals surface area contributed by atoms with Gasteiger partial charge >= 0.3 is 0 Å². The van der Waals surface area contributed by atoms with Crippen LogP contribution in [-0.2, 0) is 13.0 Å². The van der Waals surface area contributed by atoms with Gasteiger partial charge in [-0.25, -0.2) is 0 Å². The predicted molar refractivity (Wildman–Crippen MR) is 63.8 cm³/mol. The summed E-state index contributed by atoms with van der Waals surface area (Å²) in [6.45, 7) is 2.92. The molecule has 2 aliphatic rings. The molecule has 0 bridgehead atoms. The van der Waals surface area contributed by atoms with E-state index < -0.39 is 0 Å². The molecule has 0 spiro atoms. The van der Waals surface area contributed by atoms with Crippen molar-refractivity contribution in [3.63, 3.8) is 0 Å². The van der Waals surface area contributed by atoms with Crippen LogP contribution in [0.1, 0.15) is 36.8 Å². The van der Waals surface area contributed by atoms with Crippen molar-refractivity contribution in [2.75, 3.05) is 20.1 Å². The van der Waals surface area contributed by atoms with Crippen LogP contribution in [0.5, 0.6) is 0 Å². The van der Waals surface area contributed by atoms with Gasteiger partial charge in [-0.1, -0.05) is 0 Å². The number of aliphatic hydroxyl groups is 1.